The largest absolute Gasteiger partial charge is 0.390 e. The van der Waals surface area contributed by atoms with Gasteiger partial charge in [-0.25, -0.2) is 0 Å². The number of thioether (sulfide) groups is 1. The highest BCUT2D eigenvalue weighted by atomic mass is 32.2. The van der Waals surface area contributed by atoms with E-state index in [1.807, 2.05) is 13.0 Å². The Labute approximate surface area is 94.6 Å². The van der Waals surface area contributed by atoms with Gasteiger partial charge in [0.15, 0.2) is 0 Å². The maximum absolute atomic E-state index is 9.91. The number of hydrogen-bond donors (Lipinski definition) is 1. The van der Waals surface area contributed by atoms with Gasteiger partial charge in [0.2, 0.25) is 0 Å². The standard InChI is InChI=1S/C12H16O2S/c1-2-14-8-10(13)12-7-9-5-3-4-6-11(9)15-12/h3-6,10,12-13H,2,7-8H2,1H3. The van der Waals surface area contributed by atoms with Crippen LogP contribution in [0.3, 0.4) is 0 Å². The van der Waals surface area contributed by atoms with Crippen molar-refractivity contribution in [2.75, 3.05) is 13.2 Å². The second kappa shape index (κ2) is 5.01. The molecule has 1 aromatic carbocycles. The maximum Gasteiger partial charge on any atom is 0.0898 e. The normalized spacial score (nSPS) is 21.3. The van der Waals surface area contributed by atoms with E-state index >= 15 is 0 Å². The van der Waals surface area contributed by atoms with Crippen LogP contribution in [0.25, 0.3) is 0 Å². The van der Waals surface area contributed by atoms with Crippen LogP contribution >= 0.6 is 11.8 Å². The molecule has 0 aromatic heterocycles. The lowest BCUT2D eigenvalue weighted by Crippen LogP contribution is -2.27. The van der Waals surface area contributed by atoms with E-state index in [1.54, 1.807) is 11.8 Å². The van der Waals surface area contributed by atoms with Crippen molar-refractivity contribution in [2.45, 2.75) is 29.6 Å². The Bertz CT molecular complexity index is 302. The molecule has 1 aliphatic heterocycles. The molecular weight excluding hydrogens is 208 g/mol. The summed E-state index contributed by atoms with van der Waals surface area (Å²) in [6.07, 6.45) is 0.595. The van der Waals surface area contributed by atoms with Crippen LogP contribution in [0.1, 0.15) is 12.5 Å². The van der Waals surface area contributed by atoms with Gasteiger partial charge in [0.05, 0.1) is 12.7 Å². The summed E-state index contributed by atoms with van der Waals surface area (Å²) in [6.45, 7) is 3.06. The third-order valence-corrected chi connectivity index (χ3v) is 4.03. The van der Waals surface area contributed by atoms with E-state index in [1.165, 1.54) is 10.5 Å². The van der Waals surface area contributed by atoms with E-state index in [4.69, 9.17) is 4.74 Å². The average molecular weight is 224 g/mol. The minimum absolute atomic E-state index is 0.258. The number of fused-ring (bicyclic) bond motifs is 1. The van der Waals surface area contributed by atoms with E-state index < -0.39 is 0 Å². The van der Waals surface area contributed by atoms with Crippen LogP contribution in [0, 0.1) is 0 Å². The van der Waals surface area contributed by atoms with Gasteiger partial charge >= 0.3 is 0 Å². The van der Waals surface area contributed by atoms with Crippen LogP contribution < -0.4 is 0 Å². The molecule has 0 saturated heterocycles. The molecule has 3 heteroatoms. The number of benzene rings is 1. The van der Waals surface area contributed by atoms with Gasteiger partial charge in [0.1, 0.15) is 0 Å². The van der Waals surface area contributed by atoms with Crippen molar-refractivity contribution in [3.8, 4) is 0 Å². The fourth-order valence-corrected chi connectivity index (χ4v) is 3.05. The number of hydrogen-bond acceptors (Lipinski definition) is 3. The quantitative estimate of drug-likeness (QED) is 0.849. The molecular formula is C12H16O2S. The van der Waals surface area contributed by atoms with Crippen LogP contribution in [0.5, 0.6) is 0 Å². The lowest BCUT2D eigenvalue weighted by atomic mass is 10.1. The van der Waals surface area contributed by atoms with Gasteiger partial charge in [0.25, 0.3) is 0 Å². The van der Waals surface area contributed by atoms with Crippen molar-refractivity contribution < 1.29 is 9.84 Å². The first kappa shape index (κ1) is 11.0. The first-order valence-corrected chi connectivity index (χ1v) is 6.19. The van der Waals surface area contributed by atoms with Gasteiger partial charge in [-0.1, -0.05) is 18.2 Å². The maximum atomic E-state index is 9.91. The summed E-state index contributed by atoms with van der Waals surface area (Å²) in [4.78, 5) is 1.30. The minimum atomic E-state index is -0.359. The summed E-state index contributed by atoms with van der Waals surface area (Å²) in [6, 6.07) is 8.35. The fourth-order valence-electron chi connectivity index (χ4n) is 1.77. The number of aliphatic hydroxyl groups excluding tert-OH is 1. The van der Waals surface area contributed by atoms with Crippen molar-refractivity contribution in [2.24, 2.45) is 0 Å². The topological polar surface area (TPSA) is 29.5 Å². The van der Waals surface area contributed by atoms with Gasteiger partial charge < -0.3 is 9.84 Å². The third-order valence-electron chi connectivity index (χ3n) is 2.59. The molecule has 2 atom stereocenters. The van der Waals surface area contributed by atoms with Gasteiger partial charge in [0, 0.05) is 16.8 Å². The van der Waals surface area contributed by atoms with Crippen molar-refractivity contribution in [1.29, 1.82) is 0 Å². The predicted octanol–water partition coefficient (Wildman–Crippen LogP) is 2.10. The van der Waals surface area contributed by atoms with E-state index in [-0.39, 0.29) is 11.4 Å². The van der Waals surface area contributed by atoms with Crippen molar-refractivity contribution in [3.63, 3.8) is 0 Å². The Hall–Kier alpha value is -0.510. The Morgan fingerprint density at radius 2 is 2.33 bits per heavy atom. The number of aliphatic hydroxyl groups is 1. The summed E-state index contributed by atoms with van der Waals surface area (Å²) in [5.41, 5.74) is 1.35. The van der Waals surface area contributed by atoms with Crippen LogP contribution in [0.15, 0.2) is 29.2 Å². The number of ether oxygens (including phenoxy) is 1. The molecule has 2 rings (SSSR count). The lowest BCUT2D eigenvalue weighted by molar-refractivity contribution is 0.0420. The van der Waals surface area contributed by atoms with E-state index in [9.17, 15) is 5.11 Å². The zero-order valence-electron chi connectivity index (χ0n) is 8.85. The molecule has 82 valence electrons. The highest BCUT2D eigenvalue weighted by molar-refractivity contribution is 8.00. The van der Waals surface area contributed by atoms with Crippen LogP contribution in [0.4, 0.5) is 0 Å². The van der Waals surface area contributed by atoms with Gasteiger partial charge in [-0.05, 0) is 25.0 Å². The smallest absolute Gasteiger partial charge is 0.0898 e. The molecule has 1 heterocycles. The molecule has 0 fully saturated rings. The van der Waals surface area contributed by atoms with Crippen molar-refractivity contribution in [3.05, 3.63) is 29.8 Å². The Morgan fingerprint density at radius 1 is 1.53 bits per heavy atom. The Balaban J connectivity index is 1.94. The van der Waals surface area contributed by atoms with Gasteiger partial charge in [-0.15, -0.1) is 11.8 Å². The molecule has 2 nitrogen and oxygen atoms in total. The zero-order chi connectivity index (χ0) is 10.7. The molecule has 0 bridgehead atoms. The third kappa shape index (κ3) is 2.54. The van der Waals surface area contributed by atoms with Gasteiger partial charge in [-0.3, -0.25) is 0 Å². The highest BCUT2D eigenvalue weighted by Crippen LogP contribution is 2.38. The van der Waals surface area contributed by atoms with Crippen molar-refractivity contribution >= 4 is 11.8 Å². The average Bonchev–Trinajstić information content (AvgIpc) is 2.69. The second-order valence-electron chi connectivity index (χ2n) is 3.69. The molecule has 0 saturated carbocycles. The number of rotatable bonds is 4. The fraction of sp³-hybridized carbons (Fsp3) is 0.500. The summed E-state index contributed by atoms with van der Waals surface area (Å²) in [5, 5.41) is 10.2. The first-order chi connectivity index (χ1) is 7.31. The van der Waals surface area contributed by atoms with Gasteiger partial charge in [-0.2, -0.15) is 0 Å². The first-order valence-electron chi connectivity index (χ1n) is 5.31. The van der Waals surface area contributed by atoms with Crippen LogP contribution in [-0.4, -0.2) is 29.7 Å². The molecule has 15 heavy (non-hydrogen) atoms. The molecule has 1 aliphatic rings. The molecule has 2 unspecified atom stereocenters. The van der Waals surface area contributed by atoms with Crippen molar-refractivity contribution in [1.82, 2.24) is 0 Å². The predicted molar refractivity (Wildman–Crippen MR) is 62.3 cm³/mol. The molecule has 1 aromatic rings. The minimum Gasteiger partial charge on any atom is -0.390 e. The Morgan fingerprint density at radius 3 is 3.07 bits per heavy atom. The lowest BCUT2D eigenvalue weighted by Gasteiger charge is -2.16. The second-order valence-corrected chi connectivity index (χ2v) is 4.98. The monoisotopic (exact) mass is 224 g/mol. The highest BCUT2D eigenvalue weighted by Gasteiger charge is 2.27. The van der Waals surface area contributed by atoms with E-state index in [0.29, 0.717) is 13.2 Å². The van der Waals surface area contributed by atoms with Crippen LogP contribution in [0.2, 0.25) is 0 Å². The SMILES string of the molecule is CCOCC(O)C1Cc2ccccc2S1. The molecule has 0 radical (unpaired) electrons. The zero-order valence-corrected chi connectivity index (χ0v) is 9.67. The molecule has 0 aliphatic carbocycles. The van der Waals surface area contributed by atoms with E-state index in [2.05, 4.69) is 18.2 Å². The molecule has 0 amide bonds. The van der Waals surface area contributed by atoms with Crippen LogP contribution in [-0.2, 0) is 11.2 Å². The summed E-state index contributed by atoms with van der Waals surface area (Å²) < 4.78 is 5.24. The molecule has 0 spiro atoms. The molecule has 1 N–H and O–H groups in total. The Kier molecular flexibility index (Phi) is 3.67. The summed E-state index contributed by atoms with van der Waals surface area (Å²) in [7, 11) is 0. The summed E-state index contributed by atoms with van der Waals surface area (Å²) in [5.74, 6) is 0. The van der Waals surface area contributed by atoms with E-state index in [0.717, 1.165) is 6.42 Å². The summed E-state index contributed by atoms with van der Waals surface area (Å²) >= 11 is 1.76.